The van der Waals surface area contributed by atoms with E-state index in [1.54, 1.807) is 34.6 Å². The minimum atomic E-state index is -0.708. The SMILES string of the molecule is CNC(=O)[C@@H](N(C)C(=O)OC(C)(C)C)C(C)(C)S. The Kier molecular flexibility index (Phi) is 5.53. The van der Waals surface area contributed by atoms with Gasteiger partial charge in [-0.15, -0.1) is 0 Å². The van der Waals surface area contributed by atoms with Crippen LogP contribution in [0.5, 0.6) is 0 Å². The molecule has 0 bridgehead atoms. The number of amides is 2. The molecular formula is C12H24N2O3S. The average molecular weight is 276 g/mol. The predicted octanol–water partition coefficient (Wildman–Crippen LogP) is 1.68. The second kappa shape index (κ2) is 5.82. The Morgan fingerprint density at radius 2 is 1.67 bits per heavy atom. The number of ether oxygens (including phenoxy) is 1. The van der Waals surface area contributed by atoms with Crippen LogP contribution < -0.4 is 5.32 Å². The summed E-state index contributed by atoms with van der Waals surface area (Å²) in [5.74, 6) is -0.275. The molecule has 1 atom stereocenters. The molecule has 0 rings (SSSR count). The van der Waals surface area contributed by atoms with Crippen molar-refractivity contribution in [1.82, 2.24) is 10.2 Å². The summed E-state index contributed by atoms with van der Waals surface area (Å²) in [6.45, 7) is 8.88. The summed E-state index contributed by atoms with van der Waals surface area (Å²) in [4.78, 5) is 25.1. The third-order valence-corrected chi connectivity index (χ3v) is 2.48. The van der Waals surface area contributed by atoms with Crippen LogP contribution >= 0.6 is 12.6 Å². The highest BCUT2D eigenvalue weighted by molar-refractivity contribution is 7.81. The van der Waals surface area contributed by atoms with Crippen molar-refractivity contribution in [3.05, 3.63) is 0 Å². The summed E-state index contributed by atoms with van der Waals surface area (Å²) in [6, 6.07) is -0.708. The quantitative estimate of drug-likeness (QED) is 0.771. The van der Waals surface area contributed by atoms with Gasteiger partial charge in [0, 0.05) is 18.8 Å². The molecular weight excluding hydrogens is 252 g/mol. The number of thiol groups is 1. The number of hydrogen-bond acceptors (Lipinski definition) is 4. The summed E-state index contributed by atoms with van der Waals surface area (Å²) >= 11 is 4.38. The largest absolute Gasteiger partial charge is 0.444 e. The van der Waals surface area contributed by atoms with Crippen molar-refractivity contribution >= 4 is 24.6 Å². The molecule has 0 saturated carbocycles. The van der Waals surface area contributed by atoms with Crippen molar-refractivity contribution in [2.75, 3.05) is 14.1 Å². The van der Waals surface area contributed by atoms with Crippen LogP contribution in [0.1, 0.15) is 34.6 Å². The summed E-state index contributed by atoms with van der Waals surface area (Å²) in [7, 11) is 3.06. The van der Waals surface area contributed by atoms with Crippen LogP contribution in [0.25, 0.3) is 0 Å². The highest BCUT2D eigenvalue weighted by Gasteiger charge is 2.39. The smallest absolute Gasteiger partial charge is 0.410 e. The first-order valence-corrected chi connectivity index (χ1v) is 6.24. The second-order valence-corrected chi connectivity index (χ2v) is 6.91. The van der Waals surface area contributed by atoms with Gasteiger partial charge in [0.2, 0.25) is 5.91 Å². The Balaban J connectivity index is 5.04. The van der Waals surface area contributed by atoms with Crippen molar-refractivity contribution in [3.63, 3.8) is 0 Å². The van der Waals surface area contributed by atoms with Gasteiger partial charge in [-0.2, -0.15) is 12.6 Å². The maximum Gasteiger partial charge on any atom is 0.410 e. The highest BCUT2D eigenvalue weighted by Crippen LogP contribution is 2.23. The molecule has 0 spiro atoms. The van der Waals surface area contributed by atoms with Gasteiger partial charge < -0.3 is 10.1 Å². The lowest BCUT2D eigenvalue weighted by atomic mass is 10.0. The van der Waals surface area contributed by atoms with E-state index in [9.17, 15) is 9.59 Å². The Morgan fingerprint density at radius 1 is 1.22 bits per heavy atom. The van der Waals surface area contributed by atoms with E-state index in [0.29, 0.717) is 0 Å². The van der Waals surface area contributed by atoms with Crippen molar-refractivity contribution in [2.24, 2.45) is 0 Å². The average Bonchev–Trinajstić information content (AvgIpc) is 2.12. The molecule has 0 aromatic heterocycles. The van der Waals surface area contributed by atoms with E-state index in [1.807, 2.05) is 0 Å². The van der Waals surface area contributed by atoms with Gasteiger partial charge in [-0.05, 0) is 34.6 Å². The van der Waals surface area contributed by atoms with Crippen LogP contribution in [-0.4, -0.2) is 47.4 Å². The zero-order valence-electron chi connectivity index (χ0n) is 12.2. The fourth-order valence-electron chi connectivity index (χ4n) is 1.55. The number of rotatable bonds is 3. The molecule has 0 aliphatic heterocycles. The zero-order valence-corrected chi connectivity index (χ0v) is 13.1. The first-order chi connectivity index (χ1) is 7.90. The van der Waals surface area contributed by atoms with Crippen LogP contribution in [0, 0.1) is 0 Å². The summed E-state index contributed by atoms with van der Waals surface area (Å²) in [5, 5.41) is 2.53. The first-order valence-electron chi connectivity index (χ1n) is 5.80. The molecule has 0 radical (unpaired) electrons. The maximum absolute atomic E-state index is 12.0. The van der Waals surface area contributed by atoms with Crippen molar-refractivity contribution in [1.29, 1.82) is 0 Å². The molecule has 1 N–H and O–H groups in total. The van der Waals surface area contributed by atoms with E-state index in [4.69, 9.17) is 4.74 Å². The Labute approximate surface area is 115 Å². The van der Waals surface area contributed by atoms with Crippen molar-refractivity contribution in [3.8, 4) is 0 Å². The molecule has 0 aromatic carbocycles. The fourth-order valence-corrected chi connectivity index (χ4v) is 1.84. The van der Waals surface area contributed by atoms with Gasteiger partial charge in [0.15, 0.2) is 0 Å². The monoisotopic (exact) mass is 276 g/mol. The van der Waals surface area contributed by atoms with Gasteiger partial charge in [-0.25, -0.2) is 4.79 Å². The maximum atomic E-state index is 12.0. The minimum absolute atomic E-state index is 0.275. The van der Waals surface area contributed by atoms with Gasteiger partial charge in [0.1, 0.15) is 11.6 Å². The summed E-state index contributed by atoms with van der Waals surface area (Å²) < 4.78 is 4.57. The molecule has 0 saturated heterocycles. The van der Waals surface area contributed by atoms with Gasteiger partial charge in [0.05, 0.1) is 0 Å². The fraction of sp³-hybridized carbons (Fsp3) is 0.833. The molecule has 0 unspecified atom stereocenters. The van der Waals surface area contributed by atoms with E-state index in [1.165, 1.54) is 19.0 Å². The molecule has 0 heterocycles. The Bertz CT molecular complexity index is 318. The van der Waals surface area contributed by atoms with Gasteiger partial charge >= 0.3 is 6.09 Å². The number of carbonyl (C=O) groups excluding carboxylic acids is 2. The van der Waals surface area contributed by atoms with Crippen LogP contribution in [0.4, 0.5) is 4.79 Å². The summed E-state index contributed by atoms with van der Waals surface area (Å²) in [6.07, 6.45) is -0.543. The molecule has 6 heteroatoms. The molecule has 0 aliphatic rings. The number of carbonyl (C=O) groups is 2. The van der Waals surface area contributed by atoms with Crippen molar-refractivity contribution in [2.45, 2.75) is 51.0 Å². The first kappa shape index (κ1) is 17.1. The minimum Gasteiger partial charge on any atom is -0.444 e. The third kappa shape index (κ3) is 5.16. The number of likely N-dealkylation sites (N-methyl/N-ethyl adjacent to an activating group) is 2. The molecule has 106 valence electrons. The summed E-state index contributed by atoms with van der Waals surface area (Å²) in [5.41, 5.74) is -0.598. The van der Waals surface area contributed by atoms with Crippen LogP contribution in [-0.2, 0) is 9.53 Å². The molecule has 0 fully saturated rings. The van der Waals surface area contributed by atoms with E-state index >= 15 is 0 Å². The van der Waals surface area contributed by atoms with E-state index in [2.05, 4.69) is 17.9 Å². The lowest BCUT2D eigenvalue weighted by molar-refractivity contribution is -0.126. The van der Waals surface area contributed by atoms with Crippen LogP contribution in [0.15, 0.2) is 0 Å². The molecule has 0 aromatic rings. The van der Waals surface area contributed by atoms with E-state index < -0.39 is 22.5 Å². The number of hydrogen-bond donors (Lipinski definition) is 2. The molecule has 0 aliphatic carbocycles. The molecule has 18 heavy (non-hydrogen) atoms. The lowest BCUT2D eigenvalue weighted by Gasteiger charge is -2.36. The van der Waals surface area contributed by atoms with Crippen LogP contribution in [0.3, 0.4) is 0 Å². The number of nitrogens with zero attached hydrogens (tertiary/aromatic N) is 1. The Morgan fingerprint density at radius 3 is 1.94 bits per heavy atom. The predicted molar refractivity (Wildman–Crippen MR) is 74.9 cm³/mol. The second-order valence-electron chi connectivity index (χ2n) is 5.76. The third-order valence-electron chi connectivity index (χ3n) is 2.23. The van der Waals surface area contributed by atoms with E-state index in [-0.39, 0.29) is 5.91 Å². The highest BCUT2D eigenvalue weighted by atomic mass is 32.1. The lowest BCUT2D eigenvalue weighted by Crippen LogP contribution is -2.56. The number of nitrogens with one attached hydrogen (secondary N) is 1. The standard InChI is InChI=1S/C12H24N2O3S/c1-11(2,3)17-10(16)14(7)8(9(15)13-6)12(4,5)18/h8,18H,1-7H3,(H,13,15)/t8-/m1/s1. The molecule has 5 nitrogen and oxygen atoms in total. The normalized spacial score (nSPS) is 13.8. The van der Waals surface area contributed by atoms with Crippen LogP contribution in [0.2, 0.25) is 0 Å². The topological polar surface area (TPSA) is 58.6 Å². The van der Waals surface area contributed by atoms with Crippen molar-refractivity contribution < 1.29 is 14.3 Å². The van der Waals surface area contributed by atoms with E-state index in [0.717, 1.165) is 0 Å². The van der Waals surface area contributed by atoms with Gasteiger partial charge in [-0.3, -0.25) is 9.69 Å². The zero-order chi connectivity index (χ0) is 14.7. The molecule has 2 amide bonds. The Hall–Kier alpha value is -0.910. The van der Waals surface area contributed by atoms with Gasteiger partial charge in [-0.1, -0.05) is 0 Å². The van der Waals surface area contributed by atoms with Gasteiger partial charge in [0.25, 0.3) is 0 Å².